The van der Waals surface area contributed by atoms with Crippen molar-refractivity contribution >= 4 is 0 Å². The maximum atomic E-state index is 13.1. The number of benzene rings is 1. The molecule has 0 fully saturated rings. The van der Waals surface area contributed by atoms with Crippen LogP contribution in [-0.2, 0) is 0 Å². The minimum Gasteiger partial charge on any atom is -0.497 e. The van der Waals surface area contributed by atoms with Gasteiger partial charge in [-0.25, -0.2) is 4.39 Å². The van der Waals surface area contributed by atoms with Crippen LogP contribution in [0.15, 0.2) is 18.2 Å². The fourth-order valence-electron chi connectivity index (χ4n) is 0.977. The molecule has 1 nitrogen and oxygen atoms in total. The lowest BCUT2D eigenvalue weighted by molar-refractivity contribution is 0.410. The lowest BCUT2D eigenvalue weighted by Crippen LogP contribution is -1.91. The molecule has 0 aliphatic carbocycles. The first-order valence-electron chi connectivity index (χ1n) is 5.27. The van der Waals surface area contributed by atoms with Gasteiger partial charge in [0.1, 0.15) is 11.6 Å². The molecule has 0 amide bonds. The minimum absolute atomic E-state index is 0.0405. The van der Waals surface area contributed by atoms with Crippen LogP contribution in [0.3, 0.4) is 0 Å². The molecule has 0 aliphatic heterocycles. The van der Waals surface area contributed by atoms with Crippen molar-refractivity contribution in [2.45, 2.75) is 19.8 Å². The molecular weight excluding hydrogens is 155 g/mol. The van der Waals surface area contributed by atoms with Gasteiger partial charge in [-0.3, -0.25) is 0 Å². The summed E-state index contributed by atoms with van der Waals surface area (Å²) in [5.74, 6) is -0.321. The van der Waals surface area contributed by atoms with Crippen LogP contribution in [0, 0.1) is 5.82 Å². The Labute approximate surface area is 76.4 Å². The first kappa shape index (κ1) is 5.57. The van der Waals surface area contributed by atoms with Crippen LogP contribution in [0.5, 0.6) is 5.75 Å². The van der Waals surface area contributed by atoms with Gasteiger partial charge in [-0.15, -0.1) is 0 Å². The highest BCUT2D eigenvalue weighted by Gasteiger charge is 2.03. The van der Waals surface area contributed by atoms with E-state index >= 15 is 0 Å². The largest absolute Gasteiger partial charge is 0.497 e. The highest BCUT2D eigenvalue weighted by Crippen LogP contribution is 2.21. The van der Waals surface area contributed by atoms with Gasteiger partial charge in [0.05, 0.1) is 11.2 Å². The third-order valence-corrected chi connectivity index (χ3v) is 1.68. The zero-order valence-corrected chi connectivity index (χ0v) is 7.10. The van der Waals surface area contributed by atoms with E-state index < -0.39 is 12.9 Å². The van der Waals surface area contributed by atoms with Gasteiger partial charge in [0.25, 0.3) is 0 Å². The van der Waals surface area contributed by atoms with Gasteiger partial charge < -0.3 is 4.74 Å². The van der Waals surface area contributed by atoms with Crippen LogP contribution in [0.1, 0.15) is 29.4 Å². The third-order valence-electron chi connectivity index (χ3n) is 1.68. The Morgan fingerprint density at radius 2 is 2.17 bits per heavy atom. The zero-order valence-electron chi connectivity index (χ0n) is 10.1. The molecule has 0 saturated carbocycles. The average Bonchev–Trinajstić information content (AvgIpc) is 1.99. The highest BCUT2D eigenvalue weighted by molar-refractivity contribution is 5.31. The van der Waals surface area contributed by atoms with Crippen LogP contribution in [0.2, 0.25) is 0 Å². The molecule has 1 aromatic carbocycles. The number of ether oxygens (including phenoxy) is 1. The molecule has 1 aromatic rings. The van der Waals surface area contributed by atoms with E-state index in [4.69, 9.17) is 4.11 Å². The van der Waals surface area contributed by atoms with E-state index in [1.165, 1.54) is 6.07 Å². The van der Waals surface area contributed by atoms with Gasteiger partial charge in [0.2, 0.25) is 0 Å². The van der Waals surface area contributed by atoms with Crippen molar-refractivity contribution in [2.24, 2.45) is 0 Å². The number of methoxy groups -OCH3 is 1. The fraction of sp³-hybridized carbons (Fsp3) is 0.400. The van der Waals surface area contributed by atoms with E-state index in [0.29, 0.717) is 5.56 Å². The van der Waals surface area contributed by atoms with E-state index in [9.17, 15) is 4.39 Å². The molecule has 0 atom stereocenters. The Hall–Kier alpha value is -1.05. The van der Waals surface area contributed by atoms with Crippen molar-refractivity contribution in [3.05, 3.63) is 29.6 Å². The standard InChI is InChI=1S/C10H13FO/c1-7(2)8-4-9(11)6-10(5-8)12-3/h4-7H,1-3H3/i3D3. The summed E-state index contributed by atoms with van der Waals surface area (Å²) in [7, 11) is -2.54. The Morgan fingerprint density at radius 1 is 1.42 bits per heavy atom. The molecule has 1 rings (SSSR count). The predicted octanol–water partition coefficient (Wildman–Crippen LogP) is 2.96. The Kier molecular flexibility index (Phi) is 1.66. The number of halogens is 1. The van der Waals surface area contributed by atoms with Crippen LogP contribution >= 0.6 is 0 Å². The van der Waals surface area contributed by atoms with Crippen LogP contribution in [-0.4, -0.2) is 7.04 Å². The van der Waals surface area contributed by atoms with Gasteiger partial charge in [0, 0.05) is 6.07 Å². The smallest absolute Gasteiger partial charge is 0.127 e. The summed E-state index contributed by atoms with van der Waals surface area (Å²) >= 11 is 0. The summed E-state index contributed by atoms with van der Waals surface area (Å²) < 4.78 is 38.5. The van der Waals surface area contributed by atoms with Gasteiger partial charge >= 0.3 is 0 Å². The molecule has 12 heavy (non-hydrogen) atoms. The molecule has 2 heteroatoms. The highest BCUT2D eigenvalue weighted by atomic mass is 19.1. The van der Waals surface area contributed by atoms with E-state index in [1.54, 1.807) is 6.07 Å². The average molecular weight is 171 g/mol. The molecule has 0 aliphatic rings. The van der Waals surface area contributed by atoms with Gasteiger partial charge in [-0.1, -0.05) is 13.8 Å². The molecule has 0 N–H and O–H groups in total. The molecule has 0 aromatic heterocycles. The second-order valence-corrected chi connectivity index (χ2v) is 2.98. The second kappa shape index (κ2) is 3.57. The maximum Gasteiger partial charge on any atom is 0.127 e. The summed E-state index contributed by atoms with van der Waals surface area (Å²) in [5.41, 5.74) is 0.717. The molecule has 0 radical (unpaired) electrons. The molecule has 0 saturated heterocycles. The fourth-order valence-corrected chi connectivity index (χ4v) is 0.977. The Balaban J connectivity index is 2.99. The molecule has 0 bridgehead atoms. The molecular formula is C10H13FO. The van der Waals surface area contributed by atoms with Crippen molar-refractivity contribution in [3.8, 4) is 5.75 Å². The van der Waals surface area contributed by atoms with E-state index in [2.05, 4.69) is 4.74 Å². The Bertz CT molecular complexity index is 347. The summed E-state index contributed by atoms with van der Waals surface area (Å²) in [6.45, 7) is 3.79. The third kappa shape index (κ3) is 1.97. The first-order valence-corrected chi connectivity index (χ1v) is 3.77. The maximum absolute atomic E-state index is 13.1. The van der Waals surface area contributed by atoms with Gasteiger partial charge in [-0.05, 0) is 23.6 Å². The van der Waals surface area contributed by atoms with Crippen molar-refractivity contribution in [1.29, 1.82) is 0 Å². The van der Waals surface area contributed by atoms with Crippen LogP contribution in [0.4, 0.5) is 4.39 Å². The van der Waals surface area contributed by atoms with Gasteiger partial charge in [0.15, 0.2) is 0 Å². The summed E-state index contributed by atoms with van der Waals surface area (Å²) in [4.78, 5) is 0. The molecule has 66 valence electrons. The Morgan fingerprint density at radius 3 is 2.75 bits per heavy atom. The van der Waals surface area contributed by atoms with Gasteiger partial charge in [-0.2, -0.15) is 0 Å². The van der Waals surface area contributed by atoms with Crippen molar-refractivity contribution in [1.82, 2.24) is 0 Å². The molecule has 0 unspecified atom stereocenters. The van der Waals surface area contributed by atoms with E-state index in [0.717, 1.165) is 6.07 Å². The summed E-state index contributed by atoms with van der Waals surface area (Å²) in [5, 5.41) is 0. The van der Waals surface area contributed by atoms with Crippen molar-refractivity contribution in [2.75, 3.05) is 7.04 Å². The SMILES string of the molecule is [2H]C([2H])([2H])Oc1cc(F)cc(C(C)C)c1. The van der Waals surface area contributed by atoms with Crippen LogP contribution in [0.25, 0.3) is 0 Å². The molecule has 0 heterocycles. The lowest BCUT2D eigenvalue weighted by Gasteiger charge is -2.07. The number of hydrogen-bond donors (Lipinski definition) is 0. The van der Waals surface area contributed by atoms with E-state index in [1.807, 2.05) is 13.8 Å². The molecule has 0 spiro atoms. The monoisotopic (exact) mass is 171 g/mol. The van der Waals surface area contributed by atoms with Crippen molar-refractivity contribution < 1.29 is 13.2 Å². The first-order chi connectivity index (χ1) is 6.78. The number of rotatable bonds is 2. The second-order valence-electron chi connectivity index (χ2n) is 2.98. The zero-order chi connectivity index (χ0) is 11.6. The van der Waals surface area contributed by atoms with E-state index in [-0.39, 0.29) is 11.7 Å². The topological polar surface area (TPSA) is 9.23 Å². The number of hydrogen-bond acceptors (Lipinski definition) is 1. The van der Waals surface area contributed by atoms with Crippen LogP contribution < -0.4 is 4.74 Å². The lowest BCUT2D eigenvalue weighted by atomic mass is 10.0. The van der Waals surface area contributed by atoms with Crippen molar-refractivity contribution in [3.63, 3.8) is 0 Å². The quantitative estimate of drug-likeness (QED) is 0.664. The summed E-state index contributed by atoms with van der Waals surface area (Å²) in [6, 6.07) is 3.98. The predicted molar refractivity (Wildman–Crippen MR) is 47.0 cm³/mol. The minimum atomic E-state index is -2.54. The normalized spacial score (nSPS) is 15.2. The summed E-state index contributed by atoms with van der Waals surface area (Å²) in [6.07, 6.45) is 0.